The average molecular weight is 234 g/mol. The molecule has 3 N–H and O–H groups in total. The van der Waals surface area contributed by atoms with Gasteiger partial charge >= 0.3 is 0 Å². The van der Waals surface area contributed by atoms with Gasteiger partial charge in [-0.3, -0.25) is 11.3 Å². The van der Waals surface area contributed by atoms with Crippen LogP contribution in [0.15, 0.2) is 24.3 Å². The molecule has 0 spiro atoms. The van der Waals surface area contributed by atoms with Gasteiger partial charge in [0.05, 0.1) is 6.04 Å². The molecule has 2 aliphatic rings. The molecule has 2 atom stereocenters. The molecule has 0 bridgehead atoms. The molecule has 92 valence electrons. The lowest BCUT2D eigenvalue weighted by atomic mass is 10.0. The van der Waals surface area contributed by atoms with Gasteiger partial charge in [-0.2, -0.15) is 0 Å². The quantitative estimate of drug-likeness (QED) is 0.611. The molecule has 0 radical (unpaired) electrons. The fourth-order valence-corrected chi connectivity index (χ4v) is 2.27. The van der Waals surface area contributed by atoms with Crippen LogP contribution >= 0.6 is 0 Å². The topological polar surface area (TPSA) is 56.5 Å². The monoisotopic (exact) mass is 234 g/mol. The average Bonchev–Trinajstić information content (AvgIpc) is 3.19. The van der Waals surface area contributed by atoms with Crippen LogP contribution in [0.2, 0.25) is 0 Å². The van der Waals surface area contributed by atoms with Crippen LogP contribution in [0.4, 0.5) is 0 Å². The number of nitrogens with one attached hydrogen (secondary N) is 1. The summed E-state index contributed by atoms with van der Waals surface area (Å²) in [7, 11) is 0. The molecule has 4 nitrogen and oxygen atoms in total. The smallest absolute Gasteiger partial charge is 0.161 e. The number of hydrazine groups is 1. The van der Waals surface area contributed by atoms with E-state index in [0.717, 1.165) is 23.8 Å². The van der Waals surface area contributed by atoms with E-state index in [-0.39, 0.29) is 12.1 Å². The highest BCUT2D eigenvalue weighted by Gasteiger charge is 2.33. The second-order valence-corrected chi connectivity index (χ2v) is 4.87. The number of benzene rings is 1. The van der Waals surface area contributed by atoms with Crippen LogP contribution < -0.4 is 20.7 Å². The van der Waals surface area contributed by atoms with Crippen molar-refractivity contribution in [2.45, 2.75) is 31.4 Å². The van der Waals surface area contributed by atoms with Crippen LogP contribution in [0.1, 0.15) is 19.3 Å². The van der Waals surface area contributed by atoms with Crippen molar-refractivity contribution in [3.05, 3.63) is 24.3 Å². The van der Waals surface area contributed by atoms with E-state index in [4.69, 9.17) is 15.3 Å². The molecule has 1 fully saturated rings. The van der Waals surface area contributed by atoms with Gasteiger partial charge < -0.3 is 9.47 Å². The van der Waals surface area contributed by atoms with Gasteiger partial charge in [0.15, 0.2) is 11.5 Å². The molecule has 1 saturated carbocycles. The Morgan fingerprint density at radius 2 is 2.06 bits per heavy atom. The van der Waals surface area contributed by atoms with Crippen LogP contribution in [0.3, 0.4) is 0 Å². The van der Waals surface area contributed by atoms with Crippen molar-refractivity contribution in [2.24, 2.45) is 11.8 Å². The summed E-state index contributed by atoms with van der Waals surface area (Å²) < 4.78 is 11.6. The zero-order valence-electron chi connectivity index (χ0n) is 9.76. The lowest BCUT2D eigenvalue weighted by Crippen LogP contribution is -2.50. The van der Waals surface area contributed by atoms with Crippen molar-refractivity contribution in [1.82, 2.24) is 5.43 Å². The summed E-state index contributed by atoms with van der Waals surface area (Å²) in [5.74, 6) is 8.07. The maximum Gasteiger partial charge on any atom is 0.161 e. The number of ether oxygens (including phenoxy) is 2. The normalized spacial score (nSPS) is 24.4. The maximum absolute atomic E-state index is 5.95. The van der Waals surface area contributed by atoms with Crippen LogP contribution in [0.25, 0.3) is 0 Å². The predicted octanol–water partition coefficient (Wildman–Crippen LogP) is 1.46. The first-order valence-electron chi connectivity index (χ1n) is 6.21. The second kappa shape index (κ2) is 4.55. The maximum atomic E-state index is 5.95. The van der Waals surface area contributed by atoms with Gasteiger partial charge in [-0.05, 0) is 24.5 Å². The first-order valence-corrected chi connectivity index (χ1v) is 6.21. The Labute approximate surface area is 101 Å². The summed E-state index contributed by atoms with van der Waals surface area (Å²) in [6.07, 6.45) is 3.73. The Morgan fingerprint density at radius 1 is 1.29 bits per heavy atom. The lowest BCUT2D eigenvalue weighted by molar-refractivity contribution is 0.0579. The van der Waals surface area contributed by atoms with Crippen molar-refractivity contribution in [2.75, 3.05) is 6.61 Å². The van der Waals surface area contributed by atoms with Gasteiger partial charge in [-0.1, -0.05) is 25.0 Å². The minimum absolute atomic E-state index is 0.00972. The Hall–Kier alpha value is -1.26. The fraction of sp³-hybridized carbons (Fsp3) is 0.538. The van der Waals surface area contributed by atoms with E-state index in [0.29, 0.717) is 6.61 Å². The van der Waals surface area contributed by atoms with Gasteiger partial charge in [0.2, 0.25) is 0 Å². The Morgan fingerprint density at radius 3 is 2.76 bits per heavy atom. The van der Waals surface area contributed by atoms with E-state index in [1.165, 1.54) is 12.8 Å². The molecule has 1 aromatic rings. The minimum atomic E-state index is 0.00972. The van der Waals surface area contributed by atoms with E-state index < -0.39 is 0 Å². The Balaban J connectivity index is 1.69. The highest BCUT2D eigenvalue weighted by molar-refractivity contribution is 5.40. The molecule has 17 heavy (non-hydrogen) atoms. The summed E-state index contributed by atoms with van der Waals surface area (Å²) in [4.78, 5) is 0. The van der Waals surface area contributed by atoms with E-state index in [2.05, 4.69) is 5.43 Å². The number of rotatable bonds is 4. The van der Waals surface area contributed by atoms with E-state index in [1.807, 2.05) is 24.3 Å². The molecule has 3 rings (SSSR count). The number of hydrogen-bond donors (Lipinski definition) is 2. The third-order valence-corrected chi connectivity index (χ3v) is 3.48. The van der Waals surface area contributed by atoms with Crippen LogP contribution in [-0.2, 0) is 0 Å². The van der Waals surface area contributed by atoms with Gasteiger partial charge in [-0.25, -0.2) is 0 Å². The third kappa shape index (κ3) is 2.37. The molecule has 2 unspecified atom stereocenters. The first-order chi connectivity index (χ1) is 8.36. The summed E-state index contributed by atoms with van der Waals surface area (Å²) in [6.45, 7) is 0.568. The number of hydrogen-bond acceptors (Lipinski definition) is 4. The van der Waals surface area contributed by atoms with Crippen molar-refractivity contribution in [3.63, 3.8) is 0 Å². The van der Waals surface area contributed by atoms with E-state index in [9.17, 15) is 0 Å². The number of para-hydroxylation sites is 2. The molecule has 0 saturated heterocycles. The third-order valence-electron chi connectivity index (χ3n) is 3.48. The van der Waals surface area contributed by atoms with E-state index >= 15 is 0 Å². The van der Waals surface area contributed by atoms with Crippen LogP contribution in [0, 0.1) is 5.92 Å². The highest BCUT2D eigenvalue weighted by atomic mass is 16.6. The number of nitrogens with two attached hydrogens (primary N) is 1. The van der Waals surface area contributed by atoms with Crippen molar-refractivity contribution >= 4 is 0 Å². The molecular formula is C13H18N2O2. The van der Waals surface area contributed by atoms with Gasteiger partial charge in [0.1, 0.15) is 12.7 Å². The van der Waals surface area contributed by atoms with Crippen molar-refractivity contribution in [3.8, 4) is 11.5 Å². The minimum Gasteiger partial charge on any atom is -0.486 e. The fourth-order valence-electron chi connectivity index (χ4n) is 2.27. The van der Waals surface area contributed by atoms with Crippen molar-refractivity contribution < 1.29 is 9.47 Å². The van der Waals surface area contributed by atoms with Gasteiger partial charge in [0, 0.05) is 0 Å². The van der Waals surface area contributed by atoms with Crippen molar-refractivity contribution in [1.29, 1.82) is 0 Å². The molecule has 1 aromatic carbocycles. The first kappa shape index (κ1) is 10.9. The zero-order valence-corrected chi connectivity index (χ0v) is 9.76. The second-order valence-electron chi connectivity index (χ2n) is 4.87. The van der Waals surface area contributed by atoms with Crippen LogP contribution in [-0.4, -0.2) is 18.8 Å². The molecular weight excluding hydrogens is 216 g/mol. The predicted molar refractivity (Wildman–Crippen MR) is 64.8 cm³/mol. The highest BCUT2D eigenvalue weighted by Crippen LogP contribution is 2.36. The van der Waals surface area contributed by atoms with Crippen LogP contribution in [0.5, 0.6) is 11.5 Å². The molecule has 1 aliphatic carbocycles. The Bertz CT molecular complexity index is 393. The molecule has 0 aromatic heterocycles. The Kier molecular flexibility index (Phi) is 2.91. The molecule has 4 heteroatoms. The summed E-state index contributed by atoms with van der Waals surface area (Å²) in [5.41, 5.74) is 2.87. The molecule has 0 amide bonds. The summed E-state index contributed by atoms with van der Waals surface area (Å²) >= 11 is 0. The van der Waals surface area contributed by atoms with E-state index in [1.54, 1.807) is 0 Å². The summed E-state index contributed by atoms with van der Waals surface area (Å²) in [6, 6.07) is 7.95. The SMILES string of the molecule is NNC(CC1CC1)C1COc2ccccc2O1. The van der Waals surface area contributed by atoms with Gasteiger partial charge in [-0.15, -0.1) is 0 Å². The lowest BCUT2D eigenvalue weighted by Gasteiger charge is -2.31. The molecule has 1 aliphatic heterocycles. The standard InChI is InChI=1S/C13H18N2O2/c14-15-10(7-9-5-6-9)13-8-16-11-3-1-2-4-12(11)17-13/h1-4,9-10,13,15H,5-8,14H2. The molecule has 1 heterocycles. The van der Waals surface area contributed by atoms with Gasteiger partial charge in [0.25, 0.3) is 0 Å². The number of fused-ring (bicyclic) bond motifs is 1. The summed E-state index contributed by atoms with van der Waals surface area (Å²) in [5, 5.41) is 0. The largest absolute Gasteiger partial charge is 0.486 e. The zero-order chi connectivity index (χ0) is 11.7.